The van der Waals surface area contributed by atoms with Gasteiger partial charge >= 0.3 is 0 Å². The third-order valence-electron chi connectivity index (χ3n) is 3.10. The molecular formula is C16H21N3O. The molecule has 0 saturated heterocycles. The molecule has 1 aromatic heterocycles. The van der Waals surface area contributed by atoms with E-state index in [0.717, 1.165) is 41.4 Å². The molecule has 0 radical (unpaired) electrons. The molecule has 2 rings (SSSR count). The first-order chi connectivity index (χ1) is 9.67. The van der Waals surface area contributed by atoms with E-state index < -0.39 is 0 Å². The molecule has 0 fully saturated rings. The molecule has 1 aromatic carbocycles. The maximum atomic E-state index is 5.45. The third-order valence-corrected chi connectivity index (χ3v) is 3.10. The van der Waals surface area contributed by atoms with Crippen LogP contribution in [-0.2, 0) is 6.42 Å². The molecule has 0 aliphatic rings. The first kappa shape index (κ1) is 14.3. The van der Waals surface area contributed by atoms with Crippen LogP contribution in [0.5, 0.6) is 5.75 Å². The molecule has 106 valence electrons. The Morgan fingerprint density at radius 2 is 1.95 bits per heavy atom. The largest absolute Gasteiger partial charge is 0.496 e. The minimum Gasteiger partial charge on any atom is -0.496 e. The van der Waals surface area contributed by atoms with E-state index in [1.807, 2.05) is 31.2 Å². The molecule has 4 nitrogen and oxygen atoms in total. The normalized spacial score (nSPS) is 10.4. The number of methoxy groups -OCH3 is 1. The quantitative estimate of drug-likeness (QED) is 0.904. The molecule has 0 bridgehead atoms. The van der Waals surface area contributed by atoms with Crippen molar-refractivity contribution >= 4 is 5.82 Å². The number of aryl methyl sites for hydroxylation is 2. The van der Waals surface area contributed by atoms with Crippen LogP contribution in [0.25, 0.3) is 11.4 Å². The Labute approximate surface area is 120 Å². The van der Waals surface area contributed by atoms with Gasteiger partial charge in [-0.3, -0.25) is 0 Å². The summed E-state index contributed by atoms with van der Waals surface area (Å²) in [5.41, 5.74) is 3.10. The van der Waals surface area contributed by atoms with Gasteiger partial charge in [0.2, 0.25) is 0 Å². The number of rotatable bonds is 5. The third kappa shape index (κ3) is 3.07. The summed E-state index contributed by atoms with van der Waals surface area (Å²) in [6, 6.07) is 8.06. The fourth-order valence-corrected chi connectivity index (χ4v) is 2.05. The van der Waals surface area contributed by atoms with Crippen LogP contribution in [0.3, 0.4) is 0 Å². The van der Waals surface area contributed by atoms with E-state index in [2.05, 4.69) is 29.1 Å². The van der Waals surface area contributed by atoms with Gasteiger partial charge in [0.15, 0.2) is 5.82 Å². The smallest absolute Gasteiger partial charge is 0.165 e. The fraction of sp³-hybridized carbons (Fsp3) is 0.375. The molecule has 0 spiro atoms. The highest BCUT2D eigenvalue weighted by atomic mass is 16.5. The van der Waals surface area contributed by atoms with Crippen LogP contribution in [0.4, 0.5) is 5.82 Å². The van der Waals surface area contributed by atoms with Gasteiger partial charge in [-0.1, -0.05) is 13.0 Å². The van der Waals surface area contributed by atoms with Crippen LogP contribution in [0.2, 0.25) is 0 Å². The summed E-state index contributed by atoms with van der Waals surface area (Å²) in [7, 11) is 1.67. The number of ether oxygens (including phenoxy) is 1. The molecule has 0 amide bonds. The van der Waals surface area contributed by atoms with Crippen LogP contribution >= 0.6 is 0 Å². The second-order valence-corrected chi connectivity index (χ2v) is 4.66. The highest BCUT2D eigenvalue weighted by Gasteiger charge is 2.11. The summed E-state index contributed by atoms with van der Waals surface area (Å²) >= 11 is 0. The Morgan fingerprint density at radius 3 is 2.60 bits per heavy atom. The Kier molecular flexibility index (Phi) is 4.56. The van der Waals surface area contributed by atoms with Crippen LogP contribution in [-0.4, -0.2) is 23.6 Å². The van der Waals surface area contributed by atoms with Crippen molar-refractivity contribution in [2.24, 2.45) is 0 Å². The van der Waals surface area contributed by atoms with Gasteiger partial charge in [-0.15, -0.1) is 0 Å². The molecular weight excluding hydrogens is 250 g/mol. The lowest BCUT2D eigenvalue weighted by Gasteiger charge is -2.11. The van der Waals surface area contributed by atoms with Crippen LogP contribution in [0.1, 0.15) is 25.1 Å². The summed E-state index contributed by atoms with van der Waals surface area (Å²) in [4.78, 5) is 9.19. The molecule has 4 heteroatoms. The average molecular weight is 271 g/mol. The SMILES string of the molecule is CCNc1cc(CC)nc(-c2ccc(C)cc2OC)n1. The Bertz CT molecular complexity index is 596. The van der Waals surface area contributed by atoms with Crippen molar-refractivity contribution in [3.63, 3.8) is 0 Å². The first-order valence-corrected chi connectivity index (χ1v) is 6.94. The lowest BCUT2D eigenvalue weighted by Crippen LogP contribution is -2.04. The van der Waals surface area contributed by atoms with Crippen LogP contribution < -0.4 is 10.1 Å². The first-order valence-electron chi connectivity index (χ1n) is 6.94. The zero-order chi connectivity index (χ0) is 14.5. The Morgan fingerprint density at radius 1 is 1.15 bits per heavy atom. The summed E-state index contributed by atoms with van der Waals surface area (Å²) in [6.07, 6.45) is 0.877. The fourth-order valence-electron chi connectivity index (χ4n) is 2.05. The molecule has 0 aliphatic carbocycles. The predicted octanol–water partition coefficient (Wildman–Crippen LogP) is 3.45. The van der Waals surface area contributed by atoms with Gasteiger partial charge in [0.25, 0.3) is 0 Å². The van der Waals surface area contributed by atoms with Crippen molar-refractivity contribution < 1.29 is 4.74 Å². The number of anilines is 1. The van der Waals surface area contributed by atoms with Crippen molar-refractivity contribution in [2.75, 3.05) is 19.0 Å². The standard InChI is InChI=1S/C16H21N3O/c1-5-12-10-15(17-6-2)19-16(18-12)13-8-7-11(3)9-14(13)20-4/h7-10H,5-6H2,1-4H3,(H,17,18,19). The maximum absolute atomic E-state index is 5.45. The van der Waals surface area contributed by atoms with Crippen molar-refractivity contribution in [3.8, 4) is 17.1 Å². The van der Waals surface area contributed by atoms with Gasteiger partial charge in [-0.2, -0.15) is 0 Å². The lowest BCUT2D eigenvalue weighted by molar-refractivity contribution is 0.416. The Balaban J connectivity index is 2.53. The number of benzene rings is 1. The maximum Gasteiger partial charge on any atom is 0.165 e. The van der Waals surface area contributed by atoms with Crippen molar-refractivity contribution in [1.82, 2.24) is 9.97 Å². The highest BCUT2D eigenvalue weighted by molar-refractivity contribution is 5.66. The molecule has 1 N–H and O–H groups in total. The Hall–Kier alpha value is -2.10. The van der Waals surface area contributed by atoms with E-state index in [1.54, 1.807) is 7.11 Å². The molecule has 0 unspecified atom stereocenters. The number of nitrogens with zero attached hydrogens (tertiary/aromatic N) is 2. The van der Waals surface area contributed by atoms with E-state index in [-0.39, 0.29) is 0 Å². The van der Waals surface area contributed by atoms with Gasteiger partial charge in [0, 0.05) is 18.3 Å². The van der Waals surface area contributed by atoms with Gasteiger partial charge in [0.05, 0.1) is 12.7 Å². The molecule has 20 heavy (non-hydrogen) atoms. The topological polar surface area (TPSA) is 47.0 Å². The molecule has 1 heterocycles. The summed E-state index contributed by atoms with van der Waals surface area (Å²) in [6.45, 7) is 7.03. The average Bonchev–Trinajstić information content (AvgIpc) is 2.47. The lowest BCUT2D eigenvalue weighted by atomic mass is 10.1. The number of nitrogens with one attached hydrogen (secondary N) is 1. The van der Waals surface area contributed by atoms with Crippen molar-refractivity contribution in [1.29, 1.82) is 0 Å². The number of hydrogen-bond donors (Lipinski definition) is 1. The van der Waals surface area contributed by atoms with Crippen LogP contribution in [0, 0.1) is 6.92 Å². The van der Waals surface area contributed by atoms with Gasteiger partial charge in [-0.05, 0) is 38.0 Å². The van der Waals surface area contributed by atoms with Gasteiger partial charge < -0.3 is 10.1 Å². The zero-order valence-corrected chi connectivity index (χ0v) is 12.5. The minimum atomic E-state index is 0.706. The van der Waals surface area contributed by atoms with E-state index in [9.17, 15) is 0 Å². The van der Waals surface area contributed by atoms with Crippen molar-refractivity contribution in [3.05, 3.63) is 35.5 Å². The summed E-state index contributed by atoms with van der Waals surface area (Å²) < 4.78 is 5.45. The van der Waals surface area contributed by atoms with E-state index in [1.165, 1.54) is 0 Å². The number of hydrogen-bond acceptors (Lipinski definition) is 4. The van der Waals surface area contributed by atoms with E-state index in [4.69, 9.17) is 4.74 Å². The van der Waals surface area contributed by atoms with Crippen LogP contribution in [0.15, 0.2) is 24.3 Å². The van der Waals surface area contributed by atoms with Crippen molar-refractivity contribution in [2.45, 2.75) is 27.2 Å². The second kappa shape index (κ2) is 6.37. The molecule has 2 aromatic rings. The monoisotopic (exact) mass is 271 g/mol. The zero-order valence-electron chi connectivity index (χ0n) is 12.5. The van der Waals surface area contributed by atoms with E-state index in [0.29, 0.717) is 5.82 Å². The molecule has 0 saturated carbocycles. The summed E-state index contributed by atoms with van der Waals surface area (Å²) in [5, 5.41) is 3.25. The van der Waals surface area contributed by atoms with Gasteiger partial charge in [-0.25, -0.2) is 9.97 Å². The highest BCUT2D eigenvalue weighted by Crippen LogP contribution is 2.29. The molecule has 0 aliphatic heterocycles. The predicted molar refractivity (Wildman–Crippen MR) is 82.3 cm³/mol. The minimum absolute atomic E-state index is 0.706. The van der Waals surface area contributed by atoms with Gasteiger partial charge in [0.1, 0.15) is 11.6 Å². The second-order valence-electron chi connectivity index (χ2n) is 4.66. The van der Waals surface area contributed by atoms with E-state index >= 15 is 0 Å². The number of aromatic nitrogens is 2. The summed E-state index contributed by atoms with van der Waals surface area (Å²) in [5.74, 6) is 2.37. The molecule has 0 atom stereocenters.